The molecule has 1 aromatic carbocycles. The lowest BCUT2D eigenvalue weighted by Gasteiger charge is -2.23. The Morgan fingerprint density at radius 1 is 1.31 bits per heavy atom. The summed E-state index contributed by atoms with van der Waals surface area (Å²) in [5, 5.41) is 6.39. The smallest absolute Gasteiger partial charge is 0.251 e. The number of benzene rings is 1. The Balaban J connectivity index is 0.00000169. The van der Waals surface area contributed by atoms with Crippen molar-refractivity contribution in [3.63, 3.8) is 0 Å². The monoisotopic (exact) mass is 397 g/mol. The number of pyridine rings is 1. The van der Waals surface area contributed by atoms with Gasteiger partial charge in [-0.25, -0.2) is 0 Å². The number of hydrogen-bond acceptors (Lipinski definition) is 4. The third-order valence-corrected chi connectivity index (χ3v) is 4.11. The molecule has 0 unspecified atom stereocenters. The van der Waals surface area contributed by atoms with E-state index in [-0.39, 0.29) is 36.8 Å². The molecule has 142 valence electrons. The quantitative estimate of drug-likeness (QED) is 0.812. The van der Waals surface area contributed by atoms with E-state index in [1.165, 1.54) is 0 Å². The molecular weight excluding hydrogens is 373 g/mol. The van der Waals surface area contributed by atoms with Crippen molar-refractivity contribution in [1.29, 1.82) is 0 Å². The molecule has 26 heavy (non-hydrogen) atoms. The van der Waals surface area contributed by atoms with Crippen molar-refractivity contribution in [3.8, 4) is 5.75 Å². The number of carbonyl (C=O) groups excluding carboxylic acids is 1. The second kappa shape index (κ2) is 11.0. The van der Waals surface area contributed by atoms with Crippen LogP contribution in [-0.4, -0.2) is 30.0 Å². The Bertz CT molecular complexity index is 689. The van der Waals surface area contributed by atoms with Gasteiger partial charge in [0.25, 0.3) is 5.91 Å². The number of piperidine rings is 1. The van der Waals surface area contributed by atoms with Crippen molar-refractivity contribution in [2.24, 2.45) is 0 Å². The van der Waals surface area contributed by atoms with E-state index < -0.39 is 0 Å². The fourth-order valence-corrected chi connectivity index (χ4v) is 2.75. The summed E-state index contributed by atoms with van der Waals surface area (Å²) in [5.41, 5.74) is 2.59. The van der Waals surface area contributed by atoms with Crippen molar-refractivity contribution in [2.45, 2.75) is 32.4 Å². The van der Waals surface area contributed by atoms with Crippen LogP contribution in [0.3, 0.4) is 0 Å². The van der Waals surface area contributed by atoms with Crippen molar-refractivity contribution in [1.82, 2.24) is 15.6 Å². The Morgan fingerprint density at radius 2 is 2.15 bits per heavy atom. The fraction of sp³-hybridized carbons (Fsp3) is 0.368. The molecule has 1 saturated heterocycles. The molecule has 2 aromatic rings. The number of halogens is 2. The van der Waals surface area contributed by atoms with Crippen LogP contribution < -0.4 is 15.4 Å². The molecule has 3 rings (SSSR count). The maximum Gasteiger partial charge on any atom is 0.251 e. The zero-order valence-electron chi connectivity index (χ0n) is 14.7. The molecule has 0 spiro atoms. The molecule has 0 radical (unpaired) electrons. The molecule has 5 nitrogen and oxygen atoms in total. The van der Waals surface area contributed by atoms with Gasteiger partial charge in [-0.2, -0.15) is 0 Å². The first-order chi connectivity index (χ1) is 11.7. The number of nitrogens with zero attached hydrogens (tertiary/aromatic N) is 1. The predicted molar refractivity (Wildman–Crippen MR) is 108 cm³/mol. The van der Waals surface area contributed by atoms with E-state index in [9.17, 15) is 4.79 Å². The molecule has 2 heterocycles. The highest BCUT2D eigenvalue weighted by Crippen LogP contribution is 2.13. The summed E-state index contributed by atoms with van der Waals surface area (Å²) in [7, 11) is 0. The third kappa shape index (κ3) is 6.48. The third-order valence-electron chi connectivity index (χ3n) is 4.11. The number of amides is 1. The van der Waals surface area contributed by atoms with Gasteiger partial charge in [0.1, 0.15) is 12.4 Å². The van der Waals surface area contributed by atoms with E-state index in [0.717, 1.165) is 42.9 Å². The van der Waals surface area contributed by atoms with Crippen LogP contribution in [0, 0.1) is 6.92 Å². The standard InChI is InChI=1S/C19H23N3O2.2ClH/c1-14-7-8-18(12-21-14)24-13-15-4-2-5-16(10-15)19(23)22-17-6-3-9-20-11-17;;/h2,4-5,7-8,10,12,17,20H,3,6,9,11,13H2,1H3,(H,22,23);2*1H/t17-;;/m0../s1. The van der Waals surface area contributed by atoms with Gasteiger partial charge in [0.15, 0.2) is 0 Å². The molecule has 1 atom stereocenters. The highest BCUT2D eigenvalue weighted by molar-refractivity contribution is 5.94. The molecule has 1 amide bonds. The van der Waals surface area contributed by atoms with Crippen LogP contribution in [0.15, 0.2) is 42.6 Å². The fourth-order valence-electron chi connectivity index (χ4n) is 2.75. The highest BCUT2D eigenvalue weighted by atomic mass is 35.5. The lowest BCUT2D eigenvalue weighted by Crippen LogP contribution is -2.45. The number of aromatic nitrogens is 1. The van der Waals surface area contributed by atoms with Gasteiger partial charge in [-0.05, 0) is 56.1 Å². The summed E-state index contributed by atoms with van der Waals surface area (Å²) in [5.74, 6) is 0.700. The molecule has 2 N–H and O–H groups in total. The summed E-state index contributed by atoms with van der Waals surface area (Å²) in [6, 6.07) is 11.6. The average molecular weight is 398 g/mol. The van der Waals surface area contributed by atoms with Gasteiger partial charge in [-0.15, -0.1) is 24.8 Å². The van der Waals surface area contributed by atoms with E-state index in [1.54, 1.807) is 6.20 Å². The molecular formula is C19H25Cl2N3O2. The van der Waals surface area contributed by atoms with Crippen molar-refractivity contribution in [2.75, 3.05) is 13.1 Å². The van der Waals surface area contributed by atoms with Crippen LogP contribution >= 0.6 is 24.8 Å². The van der Waals surface area contributed by atoms with Gasteiger partial charge in [0, 0.05) is 23.8 Å². The topological polar surface area (TPSA) is 63.2 Å². The Kier molecular flexibility index (Phi) is 9.41. The maximum absolute atomic E-state index is 12.4. The lowest BCUT2D eigenvalue weighted by molar-refractivity contribution is 0.0930. The number of carbonyl (C=O) groups is 1. The normalized spacial score (nSPS) is 16.0. The first-order valence-corrected chi connectivity index (χ1v) is 8.37. The van der Waals surface area contributed by atoms with Crippen LogP contribution in [0.5, 0.6) is 5.75 Å². The van der Waals surface area contributed by atoms with Gasteiger partial charge in [-0.3, -0.25) is 9.78 Å². The van der Waals surface area contributed by atoms with E-state index in [2.05, 4.69) is 15.6 Å². The number of nitrogens with one attached hydrogen (secondary N) is 2. The van der Waals surface area contributed by atoms with Crippen LogP contribution in [0.1, 0.15) is 34.5 Å². The molecule has 1 fully saturated rings. The summed E-state index contributed by atoms with van der Waals surface area (Å²) in [4.78, 5) is 16.6. The number of hydrogen-bond donors (Lipinski definition) is 2. The Morgan fingerprint density at radius 3 is 2.85 bits per heavy atom. The van der Waals surface area contributed by atoms with Crippen LogP contribution in [0.2, 0.25) is 0 Å². The highest BCUT2D eigenvalue weighted by Gasteiger charge is 2.16. The summed E-state index contributed by atoms with van der Waals surface area (Å²) >= 11 is 0. The number of ether oxygens (including phenoxy) is 1. The van der Waals surface area contributed by atoms with Crippen LogP contribution in [0.4, 0.5) is 0 Å². The number of rotatable bonds is 5. The molecule has 0 saturated carbocycles. The van der Waals surface area contributed by atoms with E-state index in [0.29, 0.717) is 12.2 Å². The minimum Gasteiger partial charge on any atom is -0.487 e. The summed E-state index contributed by atoms with van der Waals surface area (Å²) in [6.45, 7) is 4.23. The van der Waals surface area contributed by atoms with Crippen molar-refractivity contribution >= 4 is 30.7 Å². The maximum atomic E-state index is 12.4. The van der Waals surface area contributed by atoms with Crippen molar-refractivity contribution in [3.05, 3.63) is 59.4 Å². The summed E-state index contributed by atoms with van der Waals surface area (Å²) < 4.78 is 5.73. The lowest BCUT2D eigenvalue weighted by atomic mass is 10.1. The molecule has 1 aliphatic rings. The first-order valence-electron chi connectivity index (χ1n) is 8.37. The van der Waals surface area contributed by atoms with Crippen molar-refractivity contribution < 1.29 is 9.53 Å². The van der Waals surface area contributed by atoms with E-state index in [1.807, 2.05) is 43.3 Å². The summed E-state index contributed by atoms with van der Waals surface area (Å²) in [6.07, 6.45) is 3.84. The molecule has 7 heteroatoms. The first kappa shape index (κ1) is 22.2. The Labute approximate surface area is 166 Å². The Hall–Kier alpha value is -1.82. The zero-order valence-corrected chi connectivity index (χ0v) is 16.4. The SMILES string of the molecule is Cc1ccc(OCc2cccc(C(=O)N[C@H]3CCCNC3)c2)cn1.Cl.Cl. The second-order valence-corrected chi connectivity index (χ2v) is 6.14. The van der Waals surface area contributed by atoms with E-state index in [4.69, 9.17) is 4.74 Å². The van der Waals surface area contributed by atoms with Crippen LogP contribution in [-0.2, 0) is 6.61 Å². The van der Waals surface area contributed by atoms with Gasteiger partial charge in [-0.1, -0.05) is 12.1 Å². The number of aryl methyl sites for hydroxylation is 1. The average Bonchev–Trinajstić information content (AvgIpc) is 2.62. The molecule has 0 aliphatic carbocycles. The van der Waals surface area contributed by atoms with E-state index >= 15 is 0 Å². The largest absolute Gasteiger partial charge is 0.487 e. The van der Waals surface area contributed by atoms with Gasteiger partial charge >= 0.3 is 0 Å². The zero-order chi connectivity index (χ0) is 16.8. The predicted octanol–water partition coefficient (Wildman–Crippen LogP) is 3.29. The van der Waals surface area contributed by atoms with Gasteiger partial charge < -0.3 is 15.4 Å². The van der Waals surface area contributed by atoms with Gasteiger partial charge in [0.05, 0.1) is 6.20 Å². The minimum atomic E-state index is -0.0254. The van der Waals surface area contributed by atoms with Crippen LogP contribution in [0.25, 0.3) is 0 Å². The molecule has 0 bridgehead atoms. The van der Waals surface area contributed by atoms with Gasteiger partial charge in [0.2, 0.25) is 0 Å². The molecule has 1 aromatic heterocycles. The minimum absolute atomic E-state index is 0. The second-order valence-electron chi connectivity index (χ2n) is 6.14. The molecule has 1 aliphatic heterocycles.